The molecule has 0 fully saturated rings. The van der Waals surface area contributed by atoms with Crippen LogP contribution in [-0.2, 0) is 5.41 Å². The highest BCUT2D eigenvalue weighted by Gasteiger charge is 2.55. The predicted molar refractivity (Wildman–Crippen MR) is 157 cm³/mol. The van der Waals surface area contributed by atoms with Crippen molar-refractivity contribution < 1.29 is 0 Å². The van der Waals surface area contributed by atoms with E-state index in [1.165, 1.54) is 85.4 Å². The van der Waals surface area contributed by atoms with Gasteiger partial charge in [0.2, 0.25) is 0 Å². The van der Waals surface area contributed by atoms with Gasteiger partial charge in [0.1, 0.15) is 0 Å². The standard InChI is InChI=1S/C33H18N2S2/c1-5-13-21-17(9-1)29-25(27-31(36-29)19-11-3-7-15-23(19)34-27)33(21)22-14-6-2-10-18(22)30-26(33)28-32(37-30)20-12-4-8-16-24(20)35-28/h1-16,34-35H. The maximum atomic E-state index is 3.88. The third kappa shape index (κ3) is 1.98. The minimum atomic E-state index is -0.351. The number of H-pyrrole nitrogens is 2. The SMILES string of the molecule is c1ccc2c(c1)-c1sc3c([nH]c4ccccc43)c1C21c2ccccc2-c2sc3c([nH]c4ccccc43)c21. The second-order valence-electron chi connectivity index (χ2n) is 10.2. The highest BCUT2D eigenvalue weighted by Crippen LogP contribution is 2.68. The van der Waals surface area contributed by atoms with E-state index in [9.17, 15) is 0 Å². The van der Waals surface area contributed by atoms with E-state index in [-0.39, 0.29) is 5.41 Å². The van der Waals surface area contributed by atoms with Gasteiger partial charge >= 0.3 is 0 Å². The zero-order chi connectivity index (χ0) is 23.9. The van der Waals surface area contributed by atoms with E-state index >= 15 is 0 Å². The molecule has 1 spiro atoms. The molecule has 2 aliphatic carbocycles. The lowest BCUT2D eigenvalue weighted by atomic mass is 9.71. The van der Waals surface area contributed by atoms with Crippen LogP contribution in [0.2, 0.25) is 0 Å². The first-order valence-corrected chi connectivity index (χ1v) is 14.3. The van der Waals surface area contributed by atoms with E-state index in [0.29, 0.717) is 0 Å². The molecule has 8 aromatic rings. The van der Waals surface area contributed by atoms with E-state index in [0.717, 1.165) is 0 Å². The maximum Gasteiger partial charge on any atom is 0.0784 e. The number of aromatic nitrogens is 2. The summed E-state index contributed by atoms with van der Waals surface area (Å²) < 4.78 is 2.73. The Morgan fingerprint density at radius 3 is 1.43 bits per heavy atom. The van der Waals surface area contributed by atoms with Crippen molar-refractivity contribution >= 4 is 64.9 Å². The van der Waals surface area contributed by atoms with Crippen LogP contribution in [0.25, 0.3) is 63.1 Å². The van der Waals surface area contributed by atoms with Gasteiger partial charge in [-0.2, -0.15) is 0 Å². The lowest BCUT2D eigenvalue weighted by Crippen LogP contribution is -2.26. The van der Waals surface area contributed by atoms with Gasteiger partial charge in [-0.05, 0) is 34.4 Å². The molecule has 0 saturated heterocycles. The first-order valence-electron chi connectivity index (χ1n) is 12.6. The fourth-order valence-electron chi connectivity index (χ4n) is 7.25. The number of rotatable bonds is 0. The van der Waals surface area contributed by atoms with Crippen molar-refractivity contribution in [1.82, 2.24) is 9.97 Å². The topological polar surface area (TPSA) is 31.6 Å². The van der Waals surface area contributed by atoms with Gasteiger partial charge in [0, 0.05) is 42.7 Å². The molecule has 2 aliphatic rings. The van der Waals surface area contributed by atoms with Gasteiger partial charge in [-0.3, -0.25) is 0 Å². The summed E-state index contributed by atoms with van der Waals surface area (Å²) in [5, 5.41) is 2.63. The zero-order valence-electron chi connectivity index (χ0n) is 19.6. The molecule has 0 aliphatic heterocycles. The highest BCUT2D eigenvalue weighted by atomic mass is 32.1. The van der Waals surface area contributed by atoms with E-state index in [2.05, 4.69) is 107 Å². The normalized spacial score (nSPS) is 14.7. The second kappa shape index (κ2) is 6.23. The Hall–Kier alpha value is -4.12. The summed E-state index contributed by atoms with van der Waals surface area (Å²) in [6.07, 6.45) is 0. The van der Waals surface area contributed by atoms with Crippen LogP contribution in [0.15, 0.2) is 97.1 Å². The minimum absolute atomic E-state index is 0.351. The van der Waals surface area contributed by atoms with E-state index in [1.54, 1.807) is 0 Å². The number of hydrogen-bond acceptors (Lipinski definition) is 2. The van der Waals surface area contributed by atoms with Gasteiger partial charge in [0.25, 0.3) is 0 Å². The number of fused-ring (bicyclic) bond motifs is 18. The van der Waals surface area contributed by atoms with Crippen molar-refractivity contribution in [2.45, 2.75) is 5.41 Å². The number of para-hydroxylation sites is 2. The number of hydrogen-bond donors (Lipinski definition) is 2. The van der Waals surface area contributed by atoms with Crippen LogP contribution in [0.5, 0.6) is 0 Å². The smallest absolute Gasteiger partial charge is 0.0784 e. The zero-order valence-corrected chi connectivity index (χ0v) is 21.2. The molecular weight excluding hydrogens is 489 g/mol. The maximum absolute atomic E-state index is 3.88. The predicted octanol–water partition coefficient (Wildman–Crippen LogP) is 9.42. The molecule has 4 aromatic heterocycles. The Morgan fingerprint density at radius 2 is 0.919 bits per heavy atom. The summed E-state index contributed by atoms with van der Waals surface area (Å²) in [6.45, 7) is 0. The molecule has 0 amide bonds. The van der Waals surface area contributed by atoms with Gasteiger partial charge in [0.05, 0.1) is 25.8 Å². The number of benzene rings is 4. The van der Waals surface area contributed by atoms with Crippen LogP contribution >= 0.6 is 22.7 Å². The molecule has 0 radical (unpaired) electrons. The number of thiophene rings is 2. The van der Waals surface area contributed by atoms with Crippen LogP contribution in [-0.4, -0.2) is 9.97 Å². The Balaban J connectivity index is 1.48. The molecule has 2 nitrogen and oxygen atoms in total. The lowest BCUT2D eigenvalue weighted by Gasteiger charge is -2.29. The molecule has 4 aromatic carbocycles. The van der Waals surface area contributed by atoms with Gasteiger partial charge in [-0.1, -0.05) is 84.9 Å². The molecule has 0 unspecified atom stereocenters. The molecular formula is C33H18N2S2. The number of nitrogens with one attached hydrogen (secondary N) is 2. The quantitative estimate of drug-likeness (QED) is 0.205. The summed E-state index contributed by atoms with van der Waals surface area (Å²) in [6, 6.07) is 35.7. The van der Waals surface area contributed by atoms with Crippen LogP contribution < -0.4 is 0 Å². The van der Waals surface area contributed by atoms with Gasteiger partial charge in [-0.25, -0.2) is 0 Å². The van der Waals surface area contributed by atoms with Crippen LogP contribution in [0.4, 0.5) is 0 Å². The molecule has 0 atom stereocenters. The van der Waals surface area contributed by atoms with Crippen LogP contribution in [0.1, 0.15) is 22.3 Å². The fourth-order valence-corrected chi connectivity index (χ4v) is 10.0. The molecule has 172 valence electrons. The molecule has 0 bridgehead atoms. The average molecular weight is 507 g/mol. The van der Waals surface area contributed by atoms with E-state index in [1.807, 2.05) is 22.7 Å². The molecule has 2 N–H and O–H groups in total. The van der Waals surface area contributed by atoms with E-state index < -0.39 is 0 Å². The summed E-state index contributed by atoms with van der Waals surface area (Å²) in [5.41, 5.74) is 13.0. The first kappa shape index (κ1) is 19.1. The first-order chi connectivity index (χ1) is 18.4. The Labute approximate surface area is 219 Å². The molecule has 4 heterocycles. The lowest BCUT2D eigenvalue weighted by molar-refractivity contribution is 0.808. The molecule has 10 rings (SSSR count). The third-order valence-corrected chi connectivity index (χ3v) is 11.1. The molecule has 37 heavy (non-hydrogen) atoms. The Morgan fingerprint density at radius 1 is 0.486 bits per heavy atom. The largest absolute Gasteiger partial charge is 0.354 e. The minimum Gasteiger partial charge on any atom is -0.354 e. The van der Waals surface area contributed by atoms with Crippen molar-refractivity contribution in [1.29, 1.82) is 0 Å². The van der Waals surface area contributed by atoms with Gasteiger partial charge < -0.3 is 9.97 Å². The second-order valence-corrected chi connectivity index (χ2v) is 12.2. The summed E-state index contributed by atoms with van der Waals surface area (Å²) in [4.78, 5) is 10.6. The van der Waals surface area contributed by atoms with Crippen molar-refractivity contribution in [2.24, 2.45) is 0 Å². The molecule has 0 saturated carbocycles. The van der Waals surface area contributed by atoms with Gasteiger partial charge in [-0.15, -0.1) is 22.7 Å². The fraction of sp³-hybridized carbons (Fsp3) is 0.0303. The van der Waals surface area contributed by atoms with Gasteiger partial charge in [0.15, 0.2) is 0 Å². The Kier molecular flexibility index (Phi) is 3.21. The van der Waals surface area contributed by atoms with Crippen molar-refractivity contribution in [3.63, 3.8) is 0 Å². The number of aromatic amines is 2. The average Bonchev–Trinajstić information content (AvgIpc) is 3.74. The monoisotopic (exact) mass is 506 g/mol. The highest BCUT2D eigenvalue weighted by molar-refractivity contribution is 7.24. The summed E-state index contributed by atoms with van der Waals surface area (Å²) in [5.74, 6) is 0. The van der Waals surface area contributed by atoms with Crippen molar-refractivity contribution in [3.05, 3.63) is 119 Å². The van der Waals surface area contributed by atoms with Crippen LogP contribution in [0.3, 0.4) is 0 Å². The summed E-state index contributed by atoms with van der Waals surface area (Å²) in [7, 11) is 0. The van der Waals surface area contributed by atoms with Crippen molar-refractivity contribution in [2.75, 3.05) is 0 Å². The Bertz CT molecular complexity index is 2110. The molecule has 4 heteroatoms. The van der Waals surface area contributed by atoms with E-state index in [4.69, 9.17) is 0 Å². The van der Waals surface area contributed by atoms with Crippen molar-refractivity contribution in [3.8, 4) is 20.9 Å². The van der Waals surface area contributed by atoms with Crippen LogP contribution in [0, 0.1) is 0 Å². The third-order valence-electron chi connectivity index (χ3n) is 8.58. The summed E-state index contributed by atoms with van der Waals surface area (Å²) >= 11 is 3.90.